The number of hydrogen-bond donors (Lipinski definition) is 2. The van der Waals surface area contributed by atoms with E-state index in [0.29, 0.717) is 17.2 Å². The van der Waals surface area contributed by atoms with Gasteiger partial charge in [-0.2, -0.15) is 0 Å². The number of benzene rings is 1. The van der Waals surface area contributed by atoms with Gasteiger partial charge in [0.1, 0.15) is 11.5 Å². The fourth-order valence-corrected chi connectivity index (χ4v) is 1.66. The summed E-state index contributed by atoms with van der Waals surface area (Å²) in [6.45, 7) is 0. The molecule has 0 spiro atoms. The third-order valence-electron chi connectivity index (χ3n) is 2.63. The minimum atomic E-state index is -0.750. The Bertz CT molecular complexity index is 666. The van der Waals surface area contributed by atoms with Gasteiger partial charge >= 0.3 is 17.2 Å². The predicted molar refractivity (Wildman–Crippen MR) is 68.0 cm³/mol. The number of aromatic amines is 1. The van der Waals surface area contributed by atoms with Crippen LogP contribution in [0.4, 0.5) is 5.69 Å². The van der Waals surface area contributed by atoms with E-state index in [1.807, 2.05) is 0 Å². The van der Waals surface area contributed by atoms with Crippen molar-refractivity contribution in [2.45, 2.75) is 0 Å². The number of nitrogens with one attached hydrogen (secondary N) is 2. The lowest BCUT2D eigenvalue weighted by molar-refractivity contribution is -0.741. The molecule has 2 rings (SSSR count). The molecule has 1 aromatic carbocycles. The van der Waals surface area contributed by atoms with Gasteiger partial charge in [-0.15, -0.1) is 0 Å². The number of carbonyl (C=O) groups is 1. The summed E-state index contributed by atoms with van der Waals surface area (Å²) in [4.78, 5) is 23.4. The van der Waals surface area contributed by atoms with Crippen molar-refractivity contribution >= 4 is 11.6 Å². The number of aromatic nitrogens is 2. The van der Waals surface area contributed by atoms with Gasteiger partial charge in [-0.05, 0) is 5.27 Å². The molecule has 106 valence electrons. The van der Waals surface area contributed by atoms with E-state index in [-0.39, 0.29) is 5.69 Å². The molecule has 1 heterocycles. The highest BCUT2D eigenvalue weighted by Gasteiger charge is 2.26. The quantitative estimate of drug-likeness (QED) is 0.772. The normalized spacial score (nSPS) is 10.2. The number of nitrogens with zero attached hydrogens (tertiary/aromatic N) is 1. The molecule has 8 nitrogen and oxygen atoms in total. The average molecular weight is 280 g/mol. The Hall–Kier alpha value is -2.77. The maximum absolute atomic E-state index is 12.0. The van der Waals surface area contributed by atoms with Gasteiger partial charge in [0.2, 0.25) is 0 Å². The molecule has 0 saturated carbocycles. The van der Waals surface area contributed by atoms with E-state index in [9.17, 15) is 9.59 Å². The molecule has 0 fully saturated rings. The smallest absolute Gasteiger partial charge is 0.440 e. The first-order chi connectivity index (χ1) is 9.55. The second kappa shape index (κ2) is 5.47. The molecule has 0 radical (unpaired) electrons. The van der Waals surface area contributed by atoms with Crippen molar-refractivity contribution in [1.82, 2.24) is 5.27 Å². The molecule has 2 aromatic rings. The molecule has 2 N–H and O–H groups in total. The summed E-state index contributed by atoms with van der Waals surface area (Å²) >= 11 is 0. The summed E-state index contributed by atoms with van der Waals surface area (Å²) < 4.78 is 15.9. The van der Waals surface area contributed by atoms with Crippen molar-refractivity contribution in [1.29, 1.82) is 0 Å². The highest BCUT2D eigenvalue weighted by molar-refractivity contribution is 6.01. The largest absolute Gasteiger partial charge is 0.497 e. The number of H-pyrrole nitrogens is 1. The molecule has 0 saturated heterocycles. The van der Waals surface area contributed by atoms with Crippen molar-refractivity contribution < 1.29 is 23.5 Å². The van der Waals surface area contributed by atoms with Crippen LogP contribution in [0.3, 0.4) is 0 Å². The zero-order chi connectivity index (χ0) is 14.7. The molecular formula is C12H14N3O5+. The second-order valence-electron chi connectivity index (χ2n) is 3.94. The van der Waals surface area contributed by atoms with Gasteiger partial charge in [-0.3, -0.25) is 9.32 Å². The fraction of sp³-hybridized carbons (Fsp3) is 0.250. The summed E-state index contributed by atoms with van der Waals surface area (Å²) in [7, 11) is 4.49. The Balaban J connectivity index is 2.30. The average Bonchev–Trinajstić information content (AvgIpc) is 2.77. The lowest BCUT2D eigenvalue weighted by Gasteiger charge is -2.08. The topological polar surface area (TPSA) is 97.4 Å². The first-order valence-electron chi connectivity index (χ1n) is 5.67. The minimum Gasteiger partial charge on any atom is -0.497 e. The Morgan fingerprint density at radius 1 is 1.25 bits per heavy atom. The summed E-state index contributed by atoms with van der Waals surface area (Å²) in [5.41, 5.74) is -0.460. The van der Waals surface area contributed by atoms with Gasteiger partial charge in [0.05, 0.1) is 14.2 Å². The number of anilines is 1. The Morgan fingerprint density at radius 3 is 2.30 bits per heavy atom. The molecule has 0 aliphatic heterocycles. The van der Waals surface area contributed by atoms with Crippen LogP contribution in [0.5, 0.6) is 11.5 Å². The number of aryl methyl sites for hydroxylation is 1. The van der Waals surface area contributed by atoms with Gasteiger partial charge in [0.15, 0.2) is 7.05 Å². The molecule has 20 heavy (non-hydrogen) atoms. The predicted octanol–water partition coefficient (Wildman–Crippen LogP) is 0.0619. The summed E-state index contributed by atoms with van der Waals surface area (Å²) in [5, 5.41) is 4.84. The van der Waals surface area contributed by atoms with E-state index in [1.54, 1.807) is 18.2 Å². The number of amides is 1. The molecule has 8 heteroatoms. The monoisotopic (exact) mass is 280 g/mol. The van der Waals surface area contributed by atoms with Crippen LogP contribution in [0.15, 0.2) is 27.5 Å². The highest BCUT2D eigenvalue weighted by Crippen LogP contribution is 2.25. The highest BCUT2D eigenvalue weighted by atomic mass is 16.5. The number of carbonyl (C=O) groups excluding carboxylic acids is 1. The van der Waals surface area contributed by atoms with Crippen LogP contribution in [0.1, 0.15) is 10.5 Å². The molecule has 0 aliphatic rings. The molecule has 1 aromatic heterocycles. The van der Waals surface area contributed by atoms with Crippen LogP contribution in [0.25, 0.3) is 0 Å². The Labute approximate surface area is 113 Å². The van der Waals surface area contributed by atoms with E-state index in [2.05, 4.69) is 15.1 Å². The van der Waals surface area contributed by atoms with Crippen molar-refractivity contribution in [2.24, 2.45) is 7.05 Å². The van der Waals surface area contributed by atoms with E-state index in [1.165, 1.54) is 25.9 Å². The minimum absolute atomic E-state index is 0.146. The zero-order valence-electron chi connectivity index (χ0n) is 11.2. The van der Waals surface area contributed by atoms with Crippen molar-refractivity contribution in [3.05, 3.63) is 34.3 Å². The van der Waals surface area contributed by atoms with Crippen LogP contribution in [-0.2, 0) is 7.05 Å². The van der Waals surface area contributed by atoms with Crippen molar-refractivity contribution in [3.8, 4) is 11.5 Å². The van der Waals surface area contributed by atoms with Crippen molar-refractivity contribution in [3.63, 3.8) is 0 Å². The summed E-state index contributed by atoms with van der Waals surface area (Å²) in [6, 6.07) is 4.88. The fourth-order valence-electron chi connectivity index (χ4n) is 1.66. The van der Waals surface area contributed by atoms with Crippen LogP contribution < -0.4 is 25.1 Å². The summed E-state index contributed by atoms with van der Waals surface area (Å²) in [5.74, 6) is 0.438. The van der Waals surface area contributed by atoms with E-state index in [0.717, 1.165) is 0 Å². The molecule has 0 unspecified atom stereocenters. The van der Waals surface area contributed by atoms with Crippen molar-refractivity contribution in [2.75, 3.05) is 19.5 Å². The molecule has 0 bridgehead atoms. The Kier molecular flexibility index (Phi) is 3.74. The first kappa shape index (κ1) is 13.7. The maximum atomic E-state index is 12.0. The van der Waals surface area contributed by atoms with Gasteiger partial charge < -0.3 is 14.8 Å². The zero-order valence-corrected chi connectivity index (χ0v) is 11.2. The van der Waals surface area contributed by atoms with Crippen LogP contribution in [-0.4, -0.2) is 25.4 Å². The van der Waals surface area contributed by atoms with Crippen LogP contribution >= 0.6 is 0 Å². The molecule has 1 amide bonds. The Morgan fingerprint density at radius 2 is 1.85 bits per heavy atom. The third-order valence-corrected chi connectivity index (χ3v) is 2.63. The lowest BCUT2D eigenvalue weighted by Crippen LogP contribution is -2.41. The summed E-state index contributed by atoms with van der Waals surface area (Å²) in [6.07, 6.45) is 0. The van der Waals surface area contributed by atoms with Gasteiger partial charge in [-0.1, -0.05) is 4.68 Å². The molecule has 0 aliphatic carbocycles. The van der Waals surface area contributed by atoms with E-state index >= 15 is 0 Å². The van der Waals surface area contributed by atoms with Gasteiger partial charge in [-0.25, -0.2) is 4.79 Å². The number of rotatable bonds is 4. The molecule has 0 atom stereocenters. The second-order valence-corrected chi connectivity index (χ2v) is 3.94. The first-order valence-corrected chi connectivity index (χ1v) is 5.67. The lowest BCUT2D eigenvalue weighted by atomic mass is 10.2. The standard InChI is InChI=1S/C12H13N3O5/c1-15-10(12(17)20-14-15)11(16)13-7-4-8(18-2)6-9(5-7)19-3/h4-6H,1-3H3,(H-,13,14,16,17)/p+1. The third kappa shape index (κ3) is 2.63. The molecular weight excluding hydrogens is 266 g/mol. The van der Waals surface area contributed by atoms with E-state index in [4.69, 9.17) is 9.47 Å². The number of methoxy groups -OCH3 is 2. The number of hydrogen-bond acceptors (Lipinski definition) is 5. The van der Waals surface area contributed by atoms with Crippen LogP contribution in [0, 0.1) is 0 Å². The van der Waals surface area contributed by atoms with Crippen LogP contribution in [0.2, 0.25) is 0 Å². The number of ether oxygens (including phenoxy) is 2. The van der Waals surface area contributed by atoms with Gasteiger partial charge in [0.25, 0.3) is 0 Å². The van der Waals surface area contributed by atoms with Gasteiger partial charge in [0, 0.05) is 23.9 Å². The maximum Gasteiger partial charge on any atom is 0.440 e. The van der Waals surface area contributed by atoms with E-state index < -0.39 is 11.5 Å². The SMILES string of the molecule is COc1cc(NC(=O)c2c(=O)o[nH][n+]2C)cc(OC)c1.